The lowest BCUT2D eigenvalue weighted by Crippen LogP contribution is -2.48. The first-order valence-corrected chi connectivity index (χ1v) is 31.6. The molecule has 0 aliphatic heterocycles. The molecule has 518 valence electrons. The normalized spacial score (nSPS) is 12.5. The highest BCUT2D eigenvalue weighted by Crippen LogP contribution is 2.28. The van der Waals surface area contributed by atoms with Crippen molar-refractivity contribution in [2.45, 2.75) is 95.5 Å². The van der Waals surface area contributed by atoms with E-state index in [9.17, 15) is 63.3 Å². The van der Waals surface area contributed by atoms with Crippen molar-refractivity contribution in [3.05, 3.63) is 131 Å². The average molecular weight is 1320 g/mol. The Morgan fingerprint density at radius 3 is 1.93 bits per heavy atom. The third kappa shape index (κ3) is 33.2. The lowest BCUT2D eigenvalue weighted by atomic mass is 9.90. The van der Waals surface area contributed by atoms with Gasteiger partial charge in [0.1, 0.15) is 23.7 Å². The maximum absolute atomic E-state index is 14.5. The van der Waals surface area contributed by atoms with E-state index in [0.717, 1.165) is 11.1 Å². The van der Waals surface area contributed by atoms with Crippen LogP contribution in [-0.2, 0) is 51.4 Å². The number of rotatable bonds is 48. The lowest BCUT2D eigenvalue weighted by Gasteiger charge is -2.26. The topological polar surface area (TPSA) is 452 Å². The number of carbonyl (C=O) groups is 10. The van der Waals surface area contributed by atoms with Crippen LogP contribution in [-0.4, -0.2) is 212 Å². The van der Waals surface area contributed by atoms with E-state index < -0.39 is 59.9 Å². The second-order valence-corrected chi connectivity index (χ2v) is 22.1. The van der Waals surface area contributed by atoms with Crippen molar-refractivity contribution in [2.24, 2.45) is 16.5 Å². The molecule has 0 heterocycles. The summed E-state index contributed by atoms with van der Waals surface area (Å²) in [6.07, 6.45) is 3.38. The number of hydrogen-bond acceptors (Lipinski definition) is 19. The Morgan fingerprint density at radius 2 is 1.25 bits per heavy atom. The average Bonchev–Trinajstić information content (AvgIpc) is 0.891. The Morgan fingerprint density at radius 1 is 0.611 bits per heavy atom. The molecule has 4 aromatic rings. The van der Waals surface area contributed by atoms with E-state index in [-0.39, 0.29) is 134 Å². The standard InChI is InChI=1S/C65H93N15O15/c1-2-55(83)70-29-30-74-65(94)78-64(67)73-28-11-17-53(62(92)76-40-46-20-24-50(82)25-21-46)77-63(93)59(47-12-4-3-5-13-47)49-14-10-15-51(38-49)95-37-9-8-27-72-61(91)52(66)16-6-7-26-71-60(90)48-22-18-45(19-23-48)39-75-54(44-81)69-32-34-80(43-58(88)89)36-35-79(42-57(86)87)33-31-68-41-56(84)85/h3-5,10,12-15,18-25,38,44,52-54,59,68-69,75,82H,2,6-9,11,16-17,26-37,39-43,66H2,1H3,(H,70,83)(H,71,90)(H,72,91)(H,76,92)(H,77,93)(H,84,85)(H,86,87)(H,88,89)(H4,67,73,74,78,94)/t52-,53-,54?,59?/m1/s1. The molecular weight excluding hydrogens is 1230 g/mol. The van der Waals surface area contributed by atoms with E-state index in [4.69, 9.17) is 21.3 Å². The molecule has 0 fully saturated rings. The number of nitrogens with two attached hydrogens (primary N) is 2. The van der Waals surface area contributed by atoms with Gasteiger partial charge >= 0.3 is 23.9 Å². The van der Waals surface area contributed by atoms with Gasteiger partial charge in [-0.05, 0) is 104 Å². The van der Waals surface area contributed by atoms with Gasteiger partial charge in [-0.15, -0.1) is 0 Å². The van der Waals surface area contributed by atoms with Gasteiger partial charge in [0.15, 0.2) is 12.2 Å². The van der Waals surface area contributed by atoms with Crippen LogP contribution in [0.5, 0.6) is 11.5 Å². The number of aliphatic imine (C=N–C) groups is 1. The van der Waals surface area contributed by atoms with Crippen LogP contribution >= 0.6 is 0 Å². The molecule has 30 heteroatoms. The molecule has 4 rings (SSSR count). The summed E-state index contributed by atoms with van der Waals surface area (Å²) in [5, 5.41) is 65.3. The van der Waals surface area contributed by atoms with E-state index in [1.807, 2.05) is 30.3 Å². The number of unbranched alkanes of at least 4 members (excludes halogenated alkanes) is 2. The second-order valence-electron chi connectivity index (χ2n) is 22.1. The summed E-state index contributed by atoms with van der Waals surface area (Å²) in [6.45, 7) is 4.06. The van der Waals surface area contributed by atoms with Crippen LogP contribution in [0.25, 0.3) is 0 Å². The van der Waals surface area contributed by atoms with Crippen molar-refractivity contribution in [3.63, 3.8) is 0 Å². The predicted molar refractivity (Wildman–Crippen MR) is 354 cm³/mol. The van der Waals surface area contributed by atoms with E-state index in [1.54, 1.807) is 77.4 Å². The summed E-state index contributed by atoms with van der Waals surface area (Å²) in [5.41, 5.74) is 15.4. The summed E-state index contributed by atoms with van der Waals surface area (Å²) in [4.78, 5) is 131. The second kappa shape index (κ2) is 44.9. The first-order valence-electron chi connectivity index (χ1n) is 31.6. The molecule has 0 bridgehead atoms. The molecular formula is C65H93N15O15. The molecule has 0 aromatic heterocycles. The number of benzene rings is 4. The quantitative estimate of drug-likeness (QED) is 0.00917. The number of carboxylic acid groups (broad SMARTS) is 3. The Labute approximate surface area is 552 Å². The number of aliphatic carboxylic acids is 3. The fraction of sp³-hybridized carbons (Fsp3) is 0.462. The highest BCUT2D eigenvalue weighted by molar-refractivity contribution is 5.96. The van der Waals surface area contributed by atoms with Crippen LogP contribution in [0.1, 0.15) is 96.8 Å². The predicted octanol–water partition coefficient (Wildman–Crippen LogP) is 0.1000. The summed E-state index contributed by atoms with van der Waals surface area (Å²) < 4.78 is 6.12. The summed E-state index contributed by atoms with van der Waals surface area (Å²) in [6, 6.07) is 27.0. The monoisotopic (exact) mass is 1320 g/mol. The number of carbonyl (C=O) groups excluding carboxylic acids is 7. The van der Waals surface area contributed by atoms with Crippen molar-refractivity contribution in [2.75, 3.05) is 98.2 Å². The van der Waals surface area contributed by atoms with E-state index in [2.05, 4.69) is 58.2 Å². The largest absolute Gasteiger partial charge is 0.508 e. The Hall–Kier alpha value is -9.59. The molecule has 0 saturated carbocycles. The fourth-order valence-corrected chi connectivity index (χ4v) is 9.44. The molecule has 2 unspecified atom stereocenters. The van der Waals surface area contributed by atoms with Crippen LogP contribution < -0.4 is 69.4 Å². The Bertz CT molecular complexity index is 3070. The molecule has 0 saturated heterocycles. The van der Waals surface area contributed by atoms with Crippen molar-refractivity contribution in [3.8, 4) is 11.5 Å². The first-order chi connectivity index (χ1) is 45.7. The van der Waals surface area contributed by atoms with Crippen molar-refractivity contribution in [1.29, 1.82) is 0 Å². The molecule has 4 atom stereocenters. The number of hydrogen-bond donors (Lipinski definition) is 16. The highest BCUT2D eigenvalue weighted by atomic mass is 16.5. The lowest BCUT2D eigenvalue weighted by molar-refractivity contribution is -0.140. The van der Waals surface area contributed by atoms with E-state index in [0.29, 0.717) is 86.9 Å². The minimum absolute atomic E-state index is 0.0724. The van der Waals surface area contributed by atoms with Gasteiger partial charge < -0.3 is 78.6 Å². The molecule has 0 aliphatic rings. The van der Waals surface area contributed by atoms with Gasteiger partial charge in [0, 0.05) is 97.1 Å². The van der Waals surface area contributed by atoms with Gasteiger partial charge in [-0.2, -0.15) is 0 Å². The van der Waals surface area contributed by atoms with Crippen LogP contribution in [0.2, 0.25) is 0 Å². The third-order valence-corrected chi connectivity index (χ3v) is 14.6. The molecule has 0 spiro atoms. The minimum Gasteiger partial charge on any atom is -0.508 e. The molecule has 95 heavy (non-hydrogen) atoms. The number of amides is 7. The zero-order valence-electron chi connectivity index (χ0n) is 53.7. The number of urea groups is 1. The fourth-order valence-electron chi connectivity index (χ4n) is 9.44. The zero-order chi connectivity index (χ0) is 69.2. The van der Waals surface area contributed by atoms with Crippen LogP contribution in [0.4, 0.5) is 4.79 Å². The highest BCUT2D eigenvalue weighted by Gasteiger charge is 2.29. The van der Waals surface area contributed by atoms with Crippen LogP contribution in [0, 0.1) is 0 Å². The molecule has 7 amide bonds. The third-order valence-electron chi connectivity index (χ3n) is 14.6. The van der Waals surface area contributed by atoms with Crippen LogP contribution in [0.3, 0.4) is 0 Å². The number of phenolic OH excluding ortho intramolecular Hbond substituents is 1. The van der Waals surface area contributed by atoms with Crippen molar-refractivity contribution >= 4 is 65.7 Å². The van der Waals surface area contributed by atoms with Crippen molar-refractivity contribution in [1.82, 2.24) is 63.0 Å². The maximum Gasteiger partial charge on any atom is 0.321 e. The molecule has 0 radical (unpaired) electrons. The Kier molecular flexibility index (Phi) is 36.8. The van der Waals surface area contributed by atoms with E-state index in [1.165, 1.54) is 12.1 Å². The van der Waals surface area contributed by atoms with Crippen LogP contribution in [0.15, 0.2) is 108 Å². The number of ether oxygens (including phenoxy) is 1. The maximum atomic E-state index is 14.5. The number of aromatic hydroxyl groups is 1. The van der Waals surface area contributed by atoms with Gasteiger partial charge in [-0.3, -0.25) is 69.1 Å². The summed E-state index contributed by atoms with van der Waals surface area (Å²) in [5.74, 6) is -5.29. The van der Waals surface area contributed by atoms with Gasteiger partial charge in [0.2, 0.25) is 23.6 Å². The van der Waals surface area contributed by atoms with Gasteiger partial charge in [-0.1, -0.05) is 73.7 Å². The van der Waals surface area contributed by atoms with Crippen molar-refractivity contribution < 1.29 is 73.1 Å². The number of nitrogens with one attached hydrogen (secondary N) is 10. The molecule has 4 aromatic carbocycles. The number of guanidine groups is 1. The van der Waals surface area contributed by atoms with Gasteiger partial charge in [-0.25, -0.2) is 4.79 Å². The molecule has 0 aliphatic carbocycles. The number of phenols is 1. The minimum atomic E-state index is -1.08. The van der Waals surface area contributed by atoms with E-state index >= 15 is 0 Å². The molecule has 30 nitrogen and oxygen atoms in total. The Balaban J connectivity index is 1.17. The number of nitrogens with zero attached hydrogens (tertiary/aromatic N) is 3. The first kappa shape index (κ1) is 77.9. The summed E-state index contributed by atoms with van der Waals surface area (Å²) in [7, 11) is 0. The number of carboxylic acids is 3. The van der Waals surface area contributed by atoms with Gasteiger partial charge in [0.25, 0.3) is 5.91 Å². The SMILES string of the molecule is CCC(=O)NCCNC(=O)NC(N)=NCCC[C@@H](NC(=O)C(c1ccccc1)c1cccc(OCCCCNC(=O)[C@H](N)CCCCNC(=O)c2ccc(CNC(C=O)NCCN(CCN(CCNCC(=O)O)CC(=O)O)CC(=O)O)cc2)c1)C(=O)NCc1ccc(O)cc1. The smallest absolute Gasteiger partial charge is 0.321 e. The van der Waals surface area contributed by atoms with Gasteiger partial charge in [0.05, 0.1) is 38.2 Å². The zero-order valence-corrected chi connectivity index (χ0v) is 53.7. The summed E-state index contributed by atoms with van der Waals surface area (Å²) >= 11 is 0. The molecule has 18 N–H and O–H groups in total. The number of aldehydes is 1.